The van der Waals surface area contributed by atoms with Crippen LogP contribution in [-0.2, 0) is 0 Å². The minimum absolute atomic E-state index is 0.0336. The Hall–Kier alpha value is -2.24. The standard InChI is InChI=1S/C12H15N5O/c1-9(2)16(3)12(18)10-4-5-14-11(6-10)17-8-13-7-15-17/h4-9H,1-3H3. The van der Waals surface area contributed by atoms with Crippen molar-refractivity contribution in [2.24, 2.45) is 0 Å². The van der Waals surface area contributed by atoms with Gasteiger partial charge in [0.2, 0.25) is 0 Å². The van der Waals surface area contributed by atoms with E-state index in [1.165, 1.54) is 11.0 Å². The first-order valence-electron chi connectivity index (χ1n) is 5.68. The third-order valence-corrected chi connectivity index (χ3v) is 2.74. The number of carbonyl (C=O) groups excluding carboxylic acids is 1. The predicted octanol–water partition coefficient (Wildman–Crippen LogP) is 1.14. The van der Waals surface area contributed by atoms with Crippen molar-refractivity contribution in [3.63, 3.8) is 0 Å². The van der Waals surface area contributed by atoms with Gasteiger partial charge < -0.3 is 4.90 Å². The minimum Gasteiger partial charge on any atom is -0.339 e. The maximum atomic E-state index is 12.2. The molecule has 0 bridgehead atoms. The van der Waals surface area contributed by atoms with Crippen molar-refractivity contribution in [2.75, 3.05) is 7.05 Å². The van der Waals surface area contributed by atoms with Crippen molar-refractivity contribution in [1.29, 1.82) is 0 Å². The molecular formula is C12H15N5O. The average Bonchev–Trinajstić information content (AvgIpc) is 2.91. The maximum absolute atomic E-state index is 12.2. The molecular weight excluding hydrogens is 230 g/mol. The second-order valence-electron chi connectivity index (χ2n) is 4.25. The Bertz CT molecular complexity index is 535. The fourth-order valence-electron chi connectivity index (χ4n) is 1.44. The lowest BCUT2D eigenvalue weighted by atomic mass is 10.2. The summed E-state index contributed by atoms with van der Waals surface area (Å²) in [6.07, 6.45) is 4.57. The summed E-state index contributed by atoms with van der Waals surface area (Å²) < 4.78 is 1.52. The Balaban J connectivity index is 2.31. The molecule has 0 radical (unpaired) electrons. The van der Waals surface area contributed by atoms with E-state index in [0.29, 0.717) is 11.4 Å². The molecule has 6 heteroatoms. The largest absolute Gasteiger partial charge is 0.339 e. The van der Waals surface area contributed by atoms with Crippen LogP contribution in [0.4, 0.5) is 0 Å². The number of nitrogens with zero attached hydrogens (tertiary/aromatic N) is 5. The molecule has 0 unspecified atom stereocenters. The van der Waals surface area contributed by atoms with Gasteiger partial charge in [-0.25, -0.2) is 14.6 Å². The van der Waals surface area contributed by atoms with Crippen LogP contribution >= 0.6 is 0 Å². The summed E-state index contributed by atoms with van der Waals surface area (Å²) in [7, 11) is 1.78. The predicted molar refractivity (Wildman–Crippen MR) is 66.4 cm³/mol. The van der Waals surface area contributed by atoms with E-state index < -0.39 is 0 Å². The van der Waals surface area contributed by atoms with E-state index in [2.05, 4.69) is 15.1 Å². The van der Waals surface area contributed by atoms with Crippen LogP contribution in [0.3, 0.4) is 0 Å². The molecule has 0 spiro atoms. The molecule has 18 heavy (non-hydrogen) atoms. The highest BCUT2D eigenvalue weighted by molar-refractivity contribution is 5.94. The van der Waals surface area contributed by atoms with E-state index in [1.54, 1.807) is 36.6 Å². The van der Waals surface area contributed by atoms with Gasteiger partial charge in [-0.15, -0.1) is 0 Å². The first kappa shape index (κ1) is 12.2. The number of rotatable bonds is 3. The summed E-state index contributed by atoms with van der Waals surface area (Å²) in [4.78, 5) is 21.9. The lowest BCUT2D eigenvalue weighted by Gasteiger charge is -2.21. The van der Waals surface area contributed by atoms with Crippen LogP contribution in [0.1, 0.15) is 24.2 Å². The molecule has 0 aliphatic heterocycles. The molecule has 0 fully saturated rings. The second kappa shape index (κ2) is 4.95. The SMILES string of the molecule is CC(C)N(C)C(=O)c1ccnc(-n2cncn2)c1. The van der Waals surface area contributed by atoms with E-state index in [-0.39, 0.29) is 11.9 Å². The van der Waals surface area contributed by atoms with E-state index in [4.69, 9.17) is 0 Å². The van der Waals surface area contributed by atoms with Gasteiger partial charge >= 0.3 is 0 Å². The van der Waals surface area contributed by atoms with E-state index in [9.17, 15) is 4.79 Å². The number of amides is 1. The number of hydrogen-bond donors (Lipinski definition) is 0. The topological polar surface area (TPSA) is 63.9 Å². The number of hydrogen-bond acceptors (Lipinski definition) is 4. The number of carbonyl (C=O) groups is 1. The van der Waals surface area contributed by atoms with Gasteiger partial charge in [0.1, 0.15) is 12.7 Å². The zero-order valence-corrected chi connectivity index (χ0v) is 10.6. The van der Waals surface area contributed by atoms with E-state index in [0.717, 1.165) is 0 Å². The third-order valence-electron chi connectivity index (χ3n) is 2.74. The van der Waals surface area contributed by atoms with Crippen LogP contribution in [0.2, 0.25) is 0 Å². The molecule has 0 saturated heterocycles. The Kier molecular flexibility index (Phi) is 3.36. The number of aromatic nitrogens is 4. The minimum atomic E-state index is -0.0336. The molecule has 1 amide bonds. The van der Waals surface area contributed by atoms with Crippen LogP contribution in [0.5, 0.6) is 0 Å². The Morgan fingerprint density at radius 2 is 2.22 bits per heavy atom. The van der Waals surface area contributed by atoms with Crippen molar-refractivity contribution in [2.45, 2.75) is 19.9 Å². The fraction of sp³-hybridized carbons (Fsp3) is 0.333. The van der Waals surface area contributed by atoms with Crippen molar-refractivity contribution in [3.8, 4) is 5.82 Å². The molecule has 2 heterocycles. The van der Waals surface area contributed by atoms with Gasteiger partial charge in [-0.2, -0.15) is 5.10 Å². The lowest BCUT2D eigenvalue weighted by molar-refractivity contribution is 0.0755. The van der Waals surface area contributed by atoms with E-state index in [1.807, 2.05) is 13.8 Å². The van der Waals surface area contributed by atoms with Gasteiger partial charge in [-0.1, -0.05) is 0 Å². The van der Waals surface area contributed by atoms with Crippen LogP contribution in [0.15, 0.2) is 31.0 Å². The van der Waals surface area contributed by atoms with Crippen molar-refractivity contribution >= 4 is 5.91 Å². The van der Waals surface area contributed by atoms with Crippen molar-refractivity contribution in [1.82, 2.24) is 24.6 Å². The van der Waals surface area contributed by atoms with Crippen LogP contribution in [-0.4, -0.2) is 43.6 Å². The number of pyridine rings is 1. The van der Waals surface area contributed by atoms with Gasteiger partial charge in [-0.05, 0) is 26.0 Å². The zero-order chi connectivity index (χ0) is 13.1. The quantitative estimate of drug-likeness (QED) is 0.813. The first-order valence-corrected chi connectivity index (χ1v) is 5.68. The summed E-state index contributed by atoms with van der Waals surface area (Å²) in [5, 5.41) is 3.99. The Labute approximate surface area is 105 Å². The van der Waals surface area contributed by atoms with Crippen LogP contribution < -0.4 is 0 Å². The monoisotopic (exact) mass is 245 g/mol. The van der Waals surface area contributed by atoms with Gasteiger partial charge in [0.05, 0.1) is 0 Å². The highest BCUT2D eigenvalue weighted by Gasteiger charge is 2.15. The molecule has 2 rings (SSSR count). The molecule has 2 aromatic heterocycles. The highest BCUT2D eigenvalue weighted by Crippen LogP contribution is 2.09. The molecule has 94 valence electrons. The molecule has 0 N–H and O–H groups in total. The molecule has 2 aromatic rings. The molecule has 0 atom stereocenters. The van der Waals surface area contributed by atoms with Crippen molar-refractivity contribution in [3.05, 3.63) is 36.5 Å². The van der Waals surface area contributed by atoms with Crippen LogP contribution in [0.25, 0.3) is 5.82 Å². The Morgan fingerprint density at radius 1 is 1.44 bits per heavy atom. The molecule has 6 nitrogen and oxygen atoms in total. The van der Waals surface area contributed by atoms with Gasteiger partial charge in [-0.3, -0.25) is 4.79 Å². The fourth-order valence-corrected chi connectivity index (χ4v) is 1.44. The Morgan fingerprint density at radius 3 is 2.83 bits per heavy atom. The second-order valence-corrected chi connectivity index (χ2v) is 4.25. The van der Waals surface area contributed by atoms with E-state index >= 15 is 0 Å². The summed E-state index contributed by atoms with van der Waals surface area (Å²) in [5.41, 5.74) is 0.590. The average molecular weight is 245 g/mol. The summed E-state index contributed by atoms with van der Waals surface area (Å²) >= 11 is 0. The molecule has 0 aliphatic rings. The molecule has 0 saturated carbocycles. The summed E-state index contributed by atoms with van der Waals surface area (Å²) in [5.74, 6) is 0.546. The summed E-state index contributed by atoms with van der Waals surface area (Å²) in [6, 6.07) is 3.55. The van der Waals surface area contributed by atoms with Crippen LogP contribution in [0, 0.1) is 0 Å². The third kappa shape index (κ3) is 2.37. The summed E-state index contributed by atoms with van der Waals surface area (Å²) in [6.45, 7) is 3.94. The van der Waals surface area contributed by atoms with Gasteiger partial charge in [0.25, 0.3) is 5.91 Å². The lowest BCUT2D eigenvalue weighted by Crippen LogP contribution is -2.33. The zero-order valence-electron chi connectivity index (χ0n) is 10.6. The molecule has 0 aromatic carbocycles. The first-order chi connectivity index (χ1) is 8.59. The van der Waals surface area contributed by atoms with Crippen molar-refractivity contribution < 1.29 is 4.79 Å². The normalized spacial score (nSPS) is 10.7. The smallest absolute Gasteiger partial charge is 0.254 e. The van der Waals surface area contributed by atoms with Gasteiger partial charge in [0.15, 0.2) is 5.82 Å². The highest BCUT2D eigenvalue weighted by atomic mass is 16.2. The maximum Gasteiger partial charge on any atom is 0.254 e. The molecule has 0 aliphatic carbocycles. The van der Waals surface area contributed by atoms with Gasteiger partial charge in [0, 0.05) is 24.8 Å².